The molecule has 11 heteroatoms. The van der Waals surface area contributed by atoms with Gasteiger partial charge in [-0.05, 0) is 82.1 Å². The fourth-order valence-electron chi connectivity index (χ4n) is 5.99. The number of nitrogens with zero attached hydrogens (tertiary/aromatic N) is 5. The molecule has 0 spiro atoms. The molecule has 2 fully saturated rings. The summed E-state index contributed by atoms with van der Waals surface area (Å²) in [5.41, 5.74) is 1.99. The Kier molecular flexibility index (Phi) is 8.95. The van der Waals surface area contributed by atoms with Crippen LogP contribution in [0.15, 0.2) is 46.0 Å². The van der Waals surface area contributed by atoms with Crippen molar-refractivity contribution < 1.29 is 18.6 Å². The summed E-state index contributed by atoms with van der Waals surface area (Å²) in [5.74, 6) is 1.21. The van der Waals surface area contributed by atoms with Gasteiger partial charge in [0.25, 0.3) is 5.56 Å². The predicted molar refractivity (Wildman–Crippen MR) is 164 cm³/mol. The number of rotatable bonds is 11. The highest BCUT2D eigenvalue weighted by Crippen LogP contribution is 2.32. The van der Waals surface area contributed by atoms with Gasteiger partial charge in [0.15, 0.2) is 17.5 Å². The van der Waals surface area contributed by atoms with E-state index in [0.29, 0.717) is 60.7 Å². The standard InChI is InChI=1S/C33H40FN5O5/c1-4-37-31-29(32(40)38(33(37)41)17-7-19-43-28-8-5-6-18-42-28)39(20-23-10-12-24(34)13-11-23)30(36-31)25-14-16-27(35-22(25)3)44-26-15-9-21(26)2/h10-14,16,21,26,28H,4-9,15,17-20H2,1-3H3. The molecular formula is C33H40FN5O5. The van der Waals surface area contributed by atoms with Gasteiger partial charge in [-0.15, -0.1) is 0 Å². The highest BCUT2D eigenvalue weighted by atomic mass is 19.1. The molecule has 3 atom stereocenters. The van der Waals surface area contributed by atoms with Crippen molar-refractivity contribution >= 4 is 11.2 Å². The van der Waals surface area contributed by atoms with E-state index in [0.717, 1.165) is 43.2 Å². The smallest absolute Gasteiger partial charge is 0.332 e. The van der Waals surface area contributed by atoms with E-state index in [1.807, 2.05) is 30.5 Å². The summed E-state index contributed by atoms with van der Waals surface area (Å²) >= 11 is 0. The van der Waals surface area contributed by atoms with Gasteiger partial charge in [-0.3, -0.25) is 13.9 Å². The van der Waals surface area contributed by atoms with Crippen LogP contribution in [0.4, 0.5) is 4.39 Å². The number of ether oxygens (including phenoxy) is 3. The Balaban J connectivity index is 1.40. The van der Waals surface area contributed by atoms with Gasteiger partial charge in [0.05, 0.1) is 12.3 Å². The van der Waals surface area contributed by atoms with E-state index in [1.54, 1.807) is 12.1 Å². The average molecular weight is 606 g/mol. The van der Waals surface area contributed by atoms with Crippen LogP contribution in [0.5, 0.6) is 5.88 Å². The van der Waals surface area contributed by atoms with Crippen molar-refractivity contribution in [3.05, 3.63) is 74.3 Å². The van der Waals surface area contributed by atoms with Crippen LogP contribution in [0.3, 0.4) is 0 Å². The largest absolute Gasteiger partial charge is 0.474 e. The van der Waals surface area contributed by atoms with Crippen molar-refractivity contribution in [2.45, 2.75) is 91.3 Å². The molecule has 0 N–H and O–H groups in total. The molecule has 234 valence electrons. The molecule has 1 saturated carbocycles. The second-order valence-electron chi connectivity index (χ2n) is 11.8. The van der Waals surface area contributed by atoms with Gasteiger partial charge in [0, 0.05) is 37.9 Å². The first-order chi connectivity index (χ1) is 21.3. The molecule has 1 aliphatic heterocycles. The van der Waals surface area contributed by atoms with Crippen molar-refractivity contribution in [2.24, 2.45) is 5.92 Å². The molecule has 44 heavy (non-hydrogen) atoms. The van der Waals surface area contributed by atoms with Crippen LogP contribution in [-0.2, 0) is 29.1 Å². The third kappa shape index (κ3) is 6.08. The predicted octanol–water partition coefficient (Wildman–Crippen LogP) is 5.05. The first-order valence-electron chi connectivity index (χ1n) is 15.7. The van der Waals surface area contributed by atoms with Crippen LogP contribution in [0.1, 0.15) is 63.6 Å². The van der Waals surface area contributed by atoms with Gasteiger partial charge in [-0.1, -0.05) is 19.1 Å². The van der Waals surface area contributed by atoms with Crippen molar-refractivity contribution in [1.82, 2.24) is 23.7 Å². The van der Waals surface area contributed by atoms with E-state index >= 15 is 0 Å². The molecule has 2 aliphatic rings. The Hall–Kier alpha value is -3.83. The van der Waals surface area contributed by atoms with Gasteiger partial charge in [0.1, 0.15) is 17.7 Å². The number of fused-ring (bicyclic) bond motifs is 1. The molecule has 1 saturated heterocycles. The quantitative estimate of drug-likeness (QED) is 0.221. The van der Waals surface area contributed by atoms with Gasteiger partial charge in [-0.25, -0.2) is 19.2 Å². The highest BCUT2D eigenvalue weighted by Gasteiger charge is 2.29. The molecule has 0 amide bonds. The second-order valence-corrected chi connectivity index (χ2v) is 11.8. The number of aryl methyl sites for hydroxylation is 2. The second kappa shape index (κ2) is 13.0. The Bertz CT molecular complexity index is 1740. The highest BCUT2D eigenvalue weighted by molar-refractivity contribution is 5.78. The molecule has 1 aliphatic carbocycles. The number of benzene rings is 1. The van der Waals surface area contributed by atoms with Gasteiger partial charge in [0.2, 0.25) is 5.88 Å². The monoisotopic (exact) mass is 605 g/mol. The fraction of sp³-hybridized carbons (Fsp3) is 0.515. The van der Waals surface area contributed by atoms with Crippen molar-refractivity contribution in [2.75, 3.05) is 13.2 Å². The van der Waals surface area contributed by atoms with Gasteiger partial charge >= 0.3 is 5.69 Å². The summed E-state index contributed by atoms with van der Waals surface area (Å²) in [7, 11) is 0. The third-order valence-corrected chi connectivity index (χ3v) is 8.77. The summed E-state index contributed by atoms with van der Waals surface area (Å²) in [6.45, 7) is 7.76. The zero-order valence-corrected chi connectivity index (χ0v) is 25.6. The molecule has 1 aromatic carbocycles. The van der Waals surface area contributed by atoms with E-state index in [-0.39, 0.29) is 31.3 Å². The Morgan fingerprint density at radius 3 is 2.48 bits per heavy atom. The van der Waals surface area contributed by atoms with E-state index in [4.69, 9.17) is 24.2 Å². The molecule has 6 rings (SSSR count). The number of pyridine rings is 1. The average Bonchev–Trinajstić information content (AvgIpc) is 3.39. The summed E-state index contributed by atoms with van der Waals surface area (Å²) in [4.78, 5) is 37.3. The van der Waals surface area contributed by atoms with Gasteiger partial charge in [-0.2, -0.15) is 0 Å². The molecular weight excluding hydrogens is 565 g/mol. The minimum atomic E-state index is -0.422. The first-order valence-corrected chi connectivity index (χ1v) is 15.7. The molecule has 0 radical (unpaired) electrons. The fourth-order valence-corrected chi connectivity index (χ4v) is 5.99. The molecule has 4 heterocycles. The lowest BCUT2D eigenvalue weighted by Crippen LogP contribution is -2.40. The minimum Gasteiger partial charge on any atom is -0.474 e. The lowest BCUT2D eigenvalue weighted by molar-refractivity contribution is -0.163. The van der Waals surface area contributed by atoms with E-state index in [9.17, 15) is 14.0 Å². The summed E-state index contributed by atoms with van der Waals surface area (Å²) in [5, 5.41) is 0. The van der Waals surface area contributed by atoms with Crippen molar-refractivity contribution in [3.63, 3.8) is 0 Å². The number of halogens is 1. The maximum Gasteiger partial charge on any atom is 0.332 e. The Labute approximate surface area is 255 Å². The molecule has 4 aromatic rings. The SMILES string of the molecule is CCn1c(=O)n(CCCOC2CCCCO2)c(=O)c2c1nc(-c1ccc(OC3CCC3C)nc1C)n2Cc1ccc(F)cc1. The molecule has 3 unspecified atom stereocenters. The molecule has 3 aromatic heterocycles. The number of hydrogen-bond acceptors (Lipinski definition) is 7. The van der Waals surface area contributed by atoms with Crippen LogP contribution < -0.4 is 16.0 Å². The van der Waals surface area contributed by atoms with Crippen LogP contribution in [-0.4, -0.2) is 49.3 Å². The summed E-state index contributed by atoms with van der Waals surface area (Å²) < 4.78 is 36.0. The van der Waals surface area contributed by atoms with Crippen LogP contribution in [0, 0.1) is 18.7 Å². The maximum atomic E-state index is 14.1. The minimum absolute atomic E-state index is 0.161. The van der Waals surface area contributed by atoms with Gasteiger partial charge < -0.3 is 18.8 Å². The van der Waals surface area contributed by atoms with Crippen LogP contribution >= 0.6 is 0 Å². The van der Waals surface area contributed by atoms with E-state index < -0.39 is 11.2 Å². The van der Waals surface area contributed by atoms with Crippen LogP contribution in [0.2, 0.25) is 0 Å². The Morgan fingerprint density at radius 2 is 1.82 bits per heavy atom. The number of imidazole rings is 1. The van der Waals surface area contributed by atoms with Crippen LogP contribution in [0.25, 0.3) is 22.6 Å². The van der Waals surface area contributed by atoms with E-state index in [1.165, 1.54) is 21.3 Å². The molecule has 10 nitrogen and oxygen atoms in total. The topological polar surface area (TPSA) is 102 Å². The lowest BCUT2D eigenvalue weighted by Gasteiger charge is -2.33. The first kappa shape index (κ1) is 30.2. The van der Waals surface area contributed by atoms with Crippen molar-refractivity contribution in [1.29, 1.82) is 0 Å². The summed E-state index contributed by atoms with van der Waals surface area (Å²) in [6, 6.07) is 9.89. The summed E-state index contributed by atoms with van der Waals surface area (Å²) in [6.07, 6.45) is 5.51. The lowest BCUT2D eigenvalue weighted by atomic mass is 9.84. The molecule has 0 bridgehead atoms. The normalized spacial score (nSPS) is 20.1. The number of hydrogen-bond donors (Lipinski definition) is 0. The third-order valence-electron chi connectivity index (χ3n) is 8.77. The Morgan fingerprint density at radius 1 is 1.00 bits per heavy atom. The maximum absolute atomic E-state index is 14.1. The number of aromatic nitrogens is 5. The zero-order valence-electron chi connectivity index (χ0n) is 25.6. The van der Waals surface area contributed by atoms with Crippen molar-refractivity contribution in [3.8, 4) is 17.3 Å². The zero-order chi connectivity index (χ0) is 30.8. The van der Waals surface area contributed by atoms with E-state index in [2.05, 4.69) is 6.92 Å².